The highest BCUT2D eigenvalue weighted by atomic mass is 16.3. The Labute approximate surface area is 330 Å². The third-order valence-corrected chi connectivity index (χ3v) is 11.1. The molecule has 9 aromatic carbocycles. The average Bonchev–Trinajstić information content (AvgIpc) is 3.86. The van der Waals surface area contributed by atoms with Gasteiger partial charge in [-0.15, -0.1) is 0 Å². The SMILES string of the molecule is c1ccc(-c2ccc(N(c3ccc(-c4cccc5oc6ccccc6c45)cc3)c3ccc4oc5ccccc5c4c3-c3ccccc3-c3ccccc3)cc2)cc1. The van der Waals surface area contributed by atoms with E-state index in [0.717, 1.165) is 94.3 Å². The Hall–Kier alpha value is -7.62. The number of furan rings is 2. The highest BCUT2D eigenvalue weighted by Gasteiger charge is 2.25. The number of hydrogen-bond donors (Lipinski definition) is 0. The van der Waals surface area contributed by atoms with Crippen LogP contribution in [0.1, 0.15) is 0 Å². The molecule has 0 unspecified atom stereocenters. The summed E-state index contributed by atoms with van der Waals surface area (Å²) in [5.74, 6) is 0. The molecular weight excluding hydrogens is 695 g/mol. The van der Waals surface area contributed by atoms with E-state index in [0.29, 0.717) is 0 Å². The van der Waals surface area contributed by atoms with Gasteiger partial charge in [-0.05, 0) is 93.5 Å². The standard InChI is InChI=1S/C54H35NO2/c1-3-14-36(15-4-1)37-26-30-40(31-27-37)55(41-32-28-39(29-33-41)43-22-13-25-50-52(43)45-20-9-11-23-48(45)56-50)47-34-35-51-54(46-21-10-12-24-49(46)57-51)53(47)44-19-8-7-18-42(44)38-16-5-2-6-17-38/h1-35H. The van der Waals surface area contributed by atoms with Gasteiger partial charge in [0.05, 0.1) is 5.69 Å². The number of benzene rings is 9. The minimum Gasteiger partial charge on any atom is -0.456 e. The van der Waals surface area contributed by atoms with Crippen molar-refractivity contribution in [3.05, 3.63) is 212 Å². The maximum atomic E-state index is 6.57. The Balaban J connectivity index is 1.16. The first-order valence-electron chi connectivity index (χ1n) is 19.3. The van der Waals surface area contributed by atoms with Crippen molar-refractivity contribution < 1.29 is 8.83 Å². The third-order valence-electron chi connectivity index (χ3n) is 11.1. The zero-order valence-corrected chi connectivity index (χ0v) is 31.0. The van der Waals surface area contributed by atoms with Crippen LogP contribution in [0.4, 0.5) is 17.1 Å². The summed E-state index contributed by atoms with van der Waals surface area (Å²) >= 11 is 0. The molecule has 0 aliphatic heterocycles. The van der Waals surface area contributed by atoms with Gasteiger partial charge in [-0.1, -0.05) is 158 Å². The van der Waals surface area contributed by atoms with E-state index < -0.39 is 0 Å². The van der Waals surface area contributed by atoms with E-state index in [9.17, 15) is 0 Å². The summed E-state index contributed by atoms with van der Waals surface area (Å²) in [4.78, 5) is 2.39. The number of rotatable bonds is 7. The number of para-hydroxylation sites is 2. The first kappa shape index (κ1) is 32.8. The molecule has 3 nitrogen and oxygen atoms in total. The fourth-order valence-corrected chi connectivity index (χ4v) is 8.50. The molecule has 0 saturated carbocycles. The van der Waals surface area contributed by atoms with Gasteiger partial charge in [0.1, 0.15) is 22.3 Å². The fraction of sp³-hybridized carbons (Fsp3) is 0. The summed E-state index contributed by atoms with van der Waals surface area (Å²) in [6.07, 6.45) is 0. The molecule has 268 valence electrons. The number of nitrogens with zero attached hydrogens (tertiary/aromatic N) is 1. The topological polar surface area (TPSA) is 29.5 Å². The van der Waals surface area contributed by atoms with Crippen molar-refractivity contribution in [1.29, 1.82) is 0 Å². The van der Waals surface area contributed by atoms with Crippen LogP contribution < -0.4 is 4.90 Å². The van der Waals surface area contributed by atoms with Crippen LogP contribution in [0.25, 0.3) is 88.4 Å². The molecule has 0 aliphatic rings. The van der Waals surface area contributed by atoms with Gasteiger partial charge >= 0.3 is 0 Å². The first-order valence-corrected chi connectivity index (χ1v) is 19.3. The highest BCUT2D eigenvalue weighted by Crippen LogP contribution is 2.49. The van der Waals surface area contributed by atoms with Crippen molar-refractivity contribution in [2.45, 2.75) is 0 Å². The van der Waals surface area contributed by atoms with Gasteiger partial charge in [0, 0.05) is 38.5 Å². The van der Waals surface area contributed by atoms with Gasteiger partial charge in [-0.25, -0.2) is 0 Å². The third kappa shape index (κ3) is 5.60. The molecule has 0 aliphatic carbocycles. The molecule has 11 aromatic rings. The number of hydrogen-bond acceptors (Lipinski definition) is 3. The molecule has 0 atom stereocenters. The van der Waals surface area contributed by atoms with Crippen molar-refractivity contribution in [3.63, 3.8) is 0 Å². The molecule has 11 rings (SSSR count). The molecule has 0 amide bonds. The largest absolute Gasteiger partial charge is 0.456 e. The van der Waals surface area contributed by atoms with Gasteiger partial charge in [0.15, 0.2) is 0 Å². The van der Waals surface area contributed by atoms with Crippen LogP contribution in [0.2, 0.25) is 0 Å². The summed E-state index contributed by atoms with van der Waals surface area (Å²) in [6, 6.07) is 75.2. The molecule has 0 radical (unpaired) electrons. The van der Waals surface area contributed by atoms with Gasteiger partial charge in [-0.3, -0.25) is 0 Å². The van der Waals surface area contributed by atoms with E-state index >= 15 is 0 Å². The normalized spacial score (nSPS) is 11.5. The lowest BCUT2D eigenvalue weighted by molar-refractivity contribution is 0.668. The predicted molar refractivity (Wildman–Crippen MR) is 237 cm³/mol. The Morgan fingerprint density at radius 2 is 0.737 bits per heavy atom. The molecule has 3 heteroatoms. The van der Waals surface area contributed by atoms with Crippen molar-refractivity contribution in [2.24, 2.45) is 0 Å². The van der Waals surface area contributed by atoms with Crippen LogP contribution in [0, 0.1) is 0 Å². The molecule has 0 fully saturated rings. The van der Waals surface area contributed by atoms with E-state index in [2.05, 4.69) is 199 Å². The number of fused-ring (bicyclic) bond motifs is 6. The summed E-state index contributed by atoms with van der Waals surface area (Å²) in [6.45, 7) is 0. The fourth-order valence-electron chi connectivity index (χ4n) is 8.50. The van der Waals surface area contributed by atoms with E-state index in [-0.39, 0.29) is 0 Å². The zero-order chi connectivity index (χ0) is 37.7. The Bertz CT molecular complexity index is 3210. The van der Waals surface area contributed by atoms with Crippen LogP contribution >= 0.6 is 0 Å². The second-order valence-electron chi connectivity index (χ2n) is 14.4. The van der Waals surface area contributed by atoms with E-state index in [4.69, 9.17) is 8.83 Å². The van der Waals surface area contributed by atoms with E-state index in [1.165, 1.54) is 11.1 Å². The highest BCUT2D eigenvalue weighted by molar-refractivity contribution is 6.18. The van der Waals surface area contributed by atoms with E-state index in [1.807, 2.05) is 18.2 Å². The first-order chi connectivity index (χ1) is 28.3. The summed E-state index contributed by atoms with van der Waals surface area (Å²) < 4.78 is 12.8. The summed E-state index contributed by atoms with van der Waals surface area (Å²) in [5, 5.41) is 4.43. The van der Waals surface area contributed by atoms with Gasteiger partial charge in [0.2, 0.25) is 0 Å². The van der Waals surface area contributed by atoms with Crippen LogP contribution in [0.3, 0.4) is 0 Å². The Morgan fingerprint density at radius 1 is 0.281 bits per heavy atom. The predicted octanol–water partition coefficient (Wildman–Crippen LogP) is 15.6. The van der Waals surface area contributed by atoms with Crippen LogP contribution in [-0.4, -0.2) is 0 Å². The Morgan fingerprint density at radius 3 is 1.40 bits per heavy atom. The smallest absolute Gasteiger partial charge is 0.136 e. The maximum absolute atomic E-state index is 6.57. The molecule has 0 saturated heterocycles. The van der Waals surface area contributed by atoms with Gasteiger partial charge in [-0.2, -0.15) is 0 Å². The quantitative estimate of drug-likeness (QED) is 0.164. The average molecular weight is 730 g/mol. The van der Waals surface area contributed by atoms with Gasteiger partial charge < -0.3 is 13.7 Å². The molecule has 2 aromatic heterocycles. The van der Waals surface area contributed by atoms with Crippen molar-refractivity contribution in [2.75, 3.05) is 4.90 Å². The lowest BCUT2D eigenvalue weighted by Crippen LogP contribution is -2.11. The Kier molecular flexibility index (Phi) is 7.82. The molecule has 0 bridgehead atoms. The van der Waals surface area contributed by atoms with Crippen LogP contribution in [0.5, 0.6) is 0 Å². The summed E-state index contributed by atoms with van der Waals surface area (Å²) in [7, 11) is 0. The summed E-state index contributed by atoms with van der Waals surface area (Å²) in [5.41, 5.74) is 15.9. The van der Waals surface area contributed by atoms with Crippen LogP contribution in [-0.2, 0) is 0 Å². The molecule has 57 heavy (non-hydrogen) atoms. The second-order valence-corrected chi connectivity index (χ2v) is 14.4. The van der Waals surface area contributed by atoms with E-state index in [1.54, 1.807) is 0 Å². The maximum Gasteiger partial charge on any atom is 0.136 e. The van der Waals surface area contributed by atoms with Crippen LogP contribution in [0.15, 0.2) is 221 Å². The lowest BCUT2D eigenvalue weighted by atomic mass is 9.90. The van der Waals surface area contributed by atoms with Crippen molar-refractivity contribution >= 4 is 60.9 Å². The molecule has 0 N–H and O–H groups in total. The second kappa shape index (κ2) is 13.6. The zero-order valence-electron chi connectivity index (χ0n) is 31.0. The minimum absolute atomic E-state index is 0.855. The molecule has 0 spiro atoms. The van der Waals surface area contributed by atoms with Gasteiger partial charge in [0.25, 0.3) is 0 Å². The molecule has 2 heterocycles. The number of anilines is 3. The lowest BCUT2D eigenvalue weighted by Gasteiger charge is -2.29. The van der Waals surface area contributed by atoms with Crippen molar-refractivity contribution in [1.82, 2.24) is 0 Å². The minimum atomic E-state index is 0.855. The molecular formula is C54H35NO2. The van der Waals surface area contributed by atoms with Crippen molar-refractivity contribution in [3.8, 4) is 44.5 Å². The monoisotopic (exact) mass is 729 g/mol.